The van der Waals surface area contributed by atoms with Crippen LogP contribution in [0.1, 0.15) is 134 Å². The Balaban J connectivity index is 0.0000122. The highest BCUT2D eigenvalue weighted by molar-refractivity contribution is 5.89. The summed E-state index contributed by atoms with van der Waals surface area (Å²) in [6, 6.07) is 6.02. The summed E-state index contributed by atoms with van der Waals surface area (Å²) in [5, 5.41) is 14.5. The molecule has 1 rings (SSSR count). The van der Waals surface area contributed by atoms with Crippen LogP contribution >= 0.6 is 12.4 Å². The Hall–Kier alpha value is -1.66. The van der Waals surface area contributed by atoms with Gasteiger partial charge in [-0.05, 0) is 31.9 Å². The Labute approximate surface area is 225 Å². The molecule has 0 aromatic heterocycles. The lowest BCUT2D eigenvalue weighted by Crippen LogP contribution is -2.36. The molecule has 0 heterocycles. The molecule has 0 aliphatic rings. The Morgan fingerprint density at radius 3 is 1.72 bits per heavy atom. The van der Waals surface area contributed by atoms with Gasteiger partial charge in [-0.3, -0.25) is 10.1 Å². The molecule has 0 radical (unpaired) electrons. The van der Waals surface area contributed by atoms with Crippen molar-refractivity contribution >= 4 is 24.1 Å². The minimum absolute atomic E-state index is 0. The second-order valence-corrected chi connectivity index (χ2v) is 9.95. The van der Waals surface area contributed by atoms with Crippen molar-refractivity contribution in [1.82, 2.24) is 5.32 Å². The van der Waals surface area contributed by atoms with E-state index in [1.807, 2.05) is 6.92 Å². The minimum atomic E-state index is -0.474. The fraction of sp³-hybridized carbons (Fsp3) is 0.759. The van der Waals surface area contributed by atoms with Gasteiger partial charge in [0.25, 0.3) is 5.69 Å². The quantitative estimate of drug-likeness (QED) is 0.0706. The molecule has 0 amide bonds. The fourth-order valence-electron chi connectivity index (χ4n) is 4.39. The van der Waals surface area contributed by atoms with Crippen LogP contribution in [0, 0.1) is 10.1 Å². The van der Waals surface area contributed by atoms with Crippen molar-refractivity contribution in [2.45, 2.75) is 136 Å². The van der Waals surface area contributed by atoms with Crippen molar-refractivity contribution in [3.8, 4) is 0 Å². The maximum Gasteiger partial charge on any atom is 0.338 e. The summed E-state index contributed by atoms with van der Waals surface area (Å²) in [7, 11) is 0. The molecule has 7 heteroatoms. The number of nitrogens with zero attached hydrogens (tertiary/aromatic N) is 1. The standard InChI is InChI=1S/C29H50N2O4.ClH/c1-4-6-8-10-12-14-16-18-27(19-17-15-13-11-9-7-5-2)30-24-25(3)35-29(32)26-20-22-28(23-21-26)31(33)34;/h20-23,25,27,30H,4-19,24H2,1-3H3;1H. The van der Waals surface area contributed by atoms with E-state index in [0.717, 1.165) is 0 Å². The van der Waals surface area contributed by atoms with E-state index < -0.39 is 10.9 Å². The number of rotatable bonds is 22. The minimum Gasteiger partial charge on any atom is -0.458 e. The summed E-state index contributed by atoms with van der Waals surface area (Å²) < 4.78 is 5.58. The second-order valence-electron chi connectivity index (χ2n) is 9.95. The largest absolute Gasteiger partial charge is 0.458 e. The summed E-state index contributed by atoms with van der Waals surface area (Å²) >= 11 is 0. The Bertz CT molecular complexity index is 666. The summed E-state index contributed by atoms with van der Waals surface area (Å²) in [6.45, 7) is 7.03. The van der Waals surface area contributed by atoms with E-state index in [1.165, 1.54) is 127 Å². The molecule has 6 nitrogen and oxygen atoms in total. The molecule has 0 aliphatic carbocycles. The number of benzene rings is 1. The van der Waals surface area contributed by atoms with Gasteiger partial charge >= 0.3 is 5.97 Å². The molecule has 1 N–H and O–H groups in total. The highest BCUT2D eigenvalue weighted by Gasteiger charge is 2.16. The van der Waals surface area contributed by atoms with Crippen LogP contribution in [0.15, 0.2) is 24.3 Å². The van der Waals surface area contributed by atoms with Crippen LogP contribution in [0.3, 0.4) is 0 Å². The maximum atomic E-state index is 12.4. The van der Waals surface area contributed by atoms with Crippen LogP contribution in [-0.2, 0) is 4.74 Å². The van der Waals surface area contributed by atoms with Gasteiger partial charge in [-0.15, -0.1) is 12.4 Å². The molecule has 36 heavy (non-hydrogen) atoms. The van der Waals surface area contributed by atoms with Crippen molar-refractivity contribution < 1.29 is 14.5 Å². The summed E-state index contributed by atoms with van der Waals surface area (Å²) in [6.07, 6.45) is 20.5. The van der Waals surface area contributed by atoms with E-state index in [0.29, 0.717) is 18.2 Å². The van der Waals surface area contributed by atoms with Crippen LogP contribution in [0.2, 0.25) is 0 Å². The maximum absolute atomic E-state index is 12.4. The van der Waals surface area contributed by atoms with Crippen LogP contribution < -0.4 is 5.32 Å². The highest BCUT2D eigenvalue weighted by Crippen LogP contribution is 2.16. The van der Waals surface area contributed by atoms with E-state index >= 15 is 0 Å². The number of hydrogen-bond acceptors (Lipinski definition) is 5. The van der Waals surface area contributed by atoms with Crippen LogP contribution in [0.25, 0.3) is 0 Å². The monoisotopic (exact) mass is 526 g/mol. The lowest BCUT2D eigenvalue weighted by atomic mass is 9.99. The van der Waals surface area contributed by atoms with Crippen molar-refractivity contribution in [1.29, 1.82) is 0 Å². The summed E-state index contributed by atoms with van der Waals surface area (Å²) in [5.74, 6) is -0.440. The zero-order chi connectivity index (χ0) is 25.7. The van der Waals surface area contributed by atoms with E-state index in [9.17, 15) is 14.9 Å². The number of nitro benzene ring substituents is 1. The molecule has 1 aromatic carbocycles. The highest BCUT2D eigenvalue weighted by atomic mass is 35.5. The molecule has 0 saturated carbocycles. The van der Waals surface area contributed by atoms with Gasteiger partial charge in [0, 0.05) is 24.7 Å². The molecule has 0 fully saturated rings. The van der Waals surface area contributed by atoms with Gasteiger partial charge < -0.3 is 10.1 Å². The Morgan fingerprint density at radius 2 is 1.28 bits per heavy atom. The van der Waals surface area contributed by atoms with E-state index in [-0.39, 0.29) is 24.2 Å². The Kier molecular flexibility index (Phi) is 21.5. The third kappa shape index (κ3) is 16.9. The molecular weight excluding hydrogens is 476 g/mol. The zero-order valence-corrected chi connectivity index (χ0v) is 23.8. The zero-order valence-electron chi connectivity index (χ0n) is 23.0. The number of carbonyl (C=O) groups excluding carboxylic acids is 1. The van der Waals surface area contributed by atoms with E-state index in [2.05, 4.69) is 19.2 Å². The molecule has 1 unspecified atom stereocenters. The average molecular weight is 527 g/mol. The number of halogens is 1. The lowest BCUT2D eigenvalue weighted by Gasteiger charge is -2.22. The first-order chi connectivity index (χ1) is 17.0. The van der Waals surface area contributed by atoms with Crippen molar-refractivity contribution in [2.75, 3.05) is 6.54 Å². The van der Waals surface area contributed by atoms with E-state index in [1.54, 1.807) is 0 Å². The SMILES string of the molecule is CCCCCCCCCC(CCCCCCCCC)NCC(C)OC(=O)c1ccc([N+](=O)[O-])cc1.Cl. The molecule has 208 valence electrons. The van der Waals surface area contributed by atoms with Gasteiger partial charge in [0.1, 0.15) is 6.10 Å². The third-order valence-corrected chi connectivity index (χ3v) is 6.63. The second kappa shape index (κ2) is 22.5. The number of non-ortho nitro benzene ring substituents is 1. The molecule has 1 atom stereocenters. The molecule has 0 spiro atoms. The van der Waals surface area contributed by atoms with Gasteiger partial charge in [-0.1, -0.05) is 104 Å². The van der Waals surface area contributed by atoms with E-state index in [4.69, 9.17) is 4.74 Å². The topological polar surface area (TPSA) is 81.5 Å². The number of hydrogen-bond donors (Lipinski definition) is 1. The fourth-order valence-corrected chi connectivity index (χ4v) is 4.39. The van der Waals surface area contributed by atoms with Crippen LogP contribution in [0.4, 0.5) is 5.69 Å². The number of unbranched alkanes of at least 4 members (excludes halogenated alkanes) is 12. The van der Waals surface area contributed by atoms with Crippen LogP contribution in [0.5, 0.6) is 0 Å². The number of carbonyl (C=O) groups is 1. The van der Waals surface area contributed by atoms with Crippen molar-refractivity contribution in [3.05, 3.63) is 39.9 Å². The normalized spacial score (nSPS) is 11.8. The number of nitrogens with one attached hydrogen (secondary N) is 1. The van der Waals surface area contributed by atoms with Crippen LogP contribution in [-0.4, -0.2) is 29.6 Å². The number of esters is 1. The van der Waals surface area contributed by atoms with Crippen molar-refractivity contribution in [2.24, 2.45) is 0 Å². The van der Waals surface area contributed by atoms with Crippen molar-refractivity contribution in [3.63, 3.8) is 0 Å². The first kappa shape index (κ1) is 34.3. The smallest absolute Gasteiger partial charge is 0.338 e. The molecule has 1 aromatic rings. The van der Waals surface area contributed by atoms with Gasteiger partial charge in [0.05, 0.1) is 10.5 Å². The molecule has 0 aliphatic heterocycles. The summed E-state index contributed by atoms with van der Waals surface area (Å²) in [5.41, 5.74) is 0.306. The van der Waals surface area contributed by atoms with Gasteiger partial charge in [0.2, 0.25) is 0 Å². The predicted octanol–water partition coefficient (Wildman–Crippen LogP) is 8.80. The molecule has 0 bridgehead atoms. The molecular formula is C29H51ClN2O4. The average Bonchev–Trinajstić information content (AvgIpc) is 2.85. The predicted molar refractivity (Wildman–Crippen MR) is 152 cm³/mol. The number of ether oxygens (including phenoxy) is 1. The lowest BCUT2D eigenvalue weighted by molar-refractivity contribution is -0.384. The van der Waals surface area contributed by atoms with Gasteiger partial charge in [-0.25, -0.2) is 4.79 Å². The summed E-state index contributed by atoms with van der Waals surface area (Å²) in [4.78, 5) is 22.7. The first-order valence-corrected chi connectivity index (χ1v) is 14.2. The molecule has 0 saturated heterocycles. The number of nitro groups is 1. The van der Waals surface area contributed by atoms with Gasteiger partial charge in [0.15, 0.2) is 0 Å². The third-order valence-electron chi connectivity index (χ3n) is 6.63. The Morgan fingerprint density at radius 1 is 0.833 bits per heavy atom. The first-order valence-electron chi connectivity index (χ1n) is 14.2. The van der Waals surface area contributed by atoms with Gasteiger partial charge in [-0.2, -0.15) is 0 Å².